The van der Waals surface area contributed by atoms with Gasteiger partial charge in [0.1, 0.15) is 17.0 Å². The second kappa shape index (κ2) is 9.31. The van der Waals surface area contributed by atoms with Gasteiger partial charge in [0.05, 0.1) is 12.6 Å². The second-order valence-electron chi connectivity index (χ2n) is 8.09. The number of nitrogens with zero attached hydrogens (tertiary/aromatic N) is 4. The molecule has 3 aromatic carbocycles. The average Bonchev–Trinajstić information content (AvgIpc) is 2.94. The standard InChI is InChI=1S/C29H21N5O2/c1-35-26-16-15-24-28(32-26)25(17-18-30-24)36-21-13-11-20(12-14-21)31-29-23-10-6-5-9-22(23)27(33-34-29)19-7-3-2-4-8-19/h2-18H,1H3,(H,31,34). The van der Waals surface area contributed by atoms with Crippen LogP contribution in [0.3, 0.4) is 0 Å². The van der Waals surface area contributed by atoms with Crippen molar-refractivity contribution < 1.29 is 9.47 Å². The van der Waals surface area contributed by atoms with Crippen LogP contribution in [0.15, 0.2) is 103 Å². The zero-order chi connectivity index (χ0) is 24.3. The smallest absolute Gasteiger partial charge is 0.213 e. The Morgan fingerprint density at radius 1 is 0.722 bits per heavy atom. The van der Waals surface area contributed by atoms with Gasteiger partial charge in [-0.2, -0.15) is 0 Å². The van der Waals surface area contributed by atoms with E-state index in [0.29, 0.717) is 28.7 Å². The zero-order valence-electron chi connectivity index (χ0n) is 19.4. The van der Waals surface area contributed by atoms with E-state index in [0.717, 1.165) is 33.2 Å². The molecule has 3 aromatic heterocycles. The van der Waals surface area contributed by atoms with Crippen molar-refractivity contribution in [3.05, 3.63) is 103 Å². The van der Waals surface area contributed by atoms with Crippen LogP contribution >= 0.6 is 0 Å². The van der Waals surface area contributed by atoms with Gasteiger partial charge in [-0.3, -0.25) is 4.98 Å². The largest absolute Gasteiger partial charge is 0.481 e. The first-order chi connectivity index (χ1) is 17.8. The van der Waals surface area contributed by atoms with Crippen LogP contribution in [0.2, 0.25) is 0 Å². The lowest BCUT2D eigenvalue weighted by Crippen LogP contribution is -1.99. The molecular weight excluding hydrogens is 450 g/mol. The molecule has 7 nitrogen and oxygen atoms in total. The fourth-order valence-electron chi connectivity index (χ4n) is 4.06. The van der Waals surface area contributed by atoms with E-state index in [1.165, 1.54) is 0 Å². The van der Waals surface area contributed by atoms with Crippen LogP contribution in [0, 0.1) is 0 Å². The molecule has 0 aliphatic heterocycles. The van der Waals surface area contributed by atoms with Crippen LogP contribution < -0.4 is 14.8 Å². The summed E-state index contributed by atoms with van der Waals surface area (Å²) in [7, 11) is 1.58. The molecule has 0 aliphatic rings. The van der Waals surface area contributed by atoms with E-state index in [-0.39, 0.29) is 0 Å². The summed E-state index contributed by atoms with van der Waals surface area (Å²) in [4.78, 5) is 8.83. The van der Waals surface area contributed by atoms with Gasteiger partial charge in [0, 0.05) is 40.4 Å². The van der Waals surface area contributed by atoms with Crippen LogP contribution in [-0.2, 0) is 0 Å². The number of aromatic nitrogens is 4. The summed E-state index contributed by atoms with van der Waals surface area (Å²) in [6, 6.07) is 31.3. The van der Waals surface area contributed by atoms with E-state index in [9.17, 15) is 0 Å². The molecule has 0 fully saturated rings. The summed E-state index contributed by atoms with van der Waals surface area (Å²) >= 11 is 0. The number of hydrogen-bond donors (Lipinski definition) is 1. The molecule has 0 saturated carbocycles. The predicted octanol–water partition coefficient (Wildman–Crippen LogP) is 6.78. The lowest BCUT2D eigenvalue weighted by Gasteiger charge is -2.12. The van der Waals surface area contributed by atoms with Crippen molar-refractivity contribution in [2.45, 2.75) is 0 Å². The van der Waals surface area contributed by atoms with Crippen LogP contribution in [-0.4, -0.2) is 27.3 Å². The molecule has 6 rings (SSSR count). The first-order valence-corrected chi connectivity index (χ1v) is 11.4. The summed E-state index contributed by atoms with van der Waals surface area (Å²) in [5.41, 5.74) is 4.13. The van der Waals surface area contributed by atoms with Crippen molar-refractivity contribution >= 4 is 33.3 Å². The van der Waals surface area contributed by atoms with Gasteiger partial charge in [0.15, 0.2) is 11.6 Å². The Morgan fingerprint density at radius 3 is 2.31 bits per heavy atom. The Hall–Kier alpha value is -5.04. The quantitative estimate of drug-likeness (QED) is 0.286. The van der Waals surface area contributed by atoms with Crippen molar-refractivity contribution in [3.63, 3.8) is 0 Å². The maximum absolute atomic E-state index is 6.12. The van der Waals surface area contributed by atoms with Gasteiger partial charge < -0.3 is 14.8 Å². The van der Waals surface area contributed by atoms with E-state index in [1.54, 1.807) is 25.4 Å². The van der Waals surface area contributed by atoms with Crippen molar-refractivity contribution in [1.82, 2.24) is 20.2 Å². The number of fused-ring (bicyclic) bond motifs is 2. The molecule has 0 radical (unpaired) electrons. The van der Waals surface area contributed by atoms with Crippen molar-refractivity contribution in [2.75, 3.05) is 12.4 Å². The number of benzene rings is 3. The van der Waals surface area contributed by atoms with E-state index >= 15 is 0 Å². The zero-order valence-corrected chi connectivity index (χ0v) is 19.4. The number of anilines is 2. The van der Waals surface area contributed by atoms with E-state index < -0.39 is 0 Å². The minimum absolute atomic E-state index is 0.506. The summed E-state index contributed by atoms with van der Waals surface area (Å²) in [6.45, 7) is 0. The Bertz CT molecular complexity index is 1670. The summed E-state index contributed by atoms with van der Waals surface area (Å²) < 4.78 is 11.4. The van der Waals surface area contributed by atoms with E-state index in [1.807, 2.05) is 78.9 Å². The highest BCUT2D eigenvalue weighted by atomic mass is 16.5. The van der Waals surface area contributed by atoms with Gasteiger partial charge in [-0.1, -0.05) is 54.6 Å². The molecular formula is C29H21N5O2. The van der Waals surface area contributed by atoms with Crippen molar-refractivity contribution in [1.29, 1.82) is 0 Å². The van der Waals surface area contributed by atoms with Crippen LogP contribution in [0.25, 0.3) is 33.1 Å². The van der Waals surface area contributed by atoms with Crippen LogP contribution in [0.4, 0.5) is 11.5 Å². The monoisotopic (exact) mass is 471 g/mol. The third-order valence-corrected chi connectivity index (χ3v) is 5.81. The van der Waals surface area contributed by atoms with Gasteiger partial charge in [0.2, 0.25) is 5.88 Å². The van der Waals surface area contributed by atoms with Gasteiger partial charge in [-0.05, 0) is 30.3 Å². The molecule has 0 spiro atoms. The third-order valence-electron chi connectivity index (χ3n) is 5.81. The Kier molecular flexibility index (Phi) is 5.56. The lowest BCUT2D eigenvalue weighted by atomic mass is 10.0. The molecule has 0 bridgehead atoms. The second-order valence-corrected chi connectivity index (χ2v) is 8.09. The molecule has 0 atom stereocenters. The maximum atomic E-state index is 6.12. The first-order valence-electron chi connectivity index (χ1n) is 11.4. The molecule has 0 saturated heterocycles. The number of nitrogens with one attached hydrogen (secondary N) is 1. The minimum Gasteiger partial charge on any atom is -0.481 e. The van der Waals surface area contributed by atoms with Crippen molar-refractivity contribution in [3.8, 4) is 28.6 Å². The number of rotatable bonds is 6. The molecule has 3 heterocycles. The fraction of sp³-hybridized carbons (Fsp3) is 0.0345. The molecule has 36 heavy (non-hydrogen) atoms. The summed E-state index contributed by atoms with van der Waals surface area (Å²) in [5.74, 6) is 2.47. The van der Waals surface area contributed by atoms with Crippen molar-refractivity contribution in [2.24, 2.45) is 0 Å². The molecule has 174 valence electrons. The topological polar surface area (TPSA) is 82.0 Å². The third kappa shape index (κ3) is 4.14. The molecule has 1 N–H and O–H groups in total. The maximum Gasteiger partial charge on any atom is 0.213 e. The normalized spacial score (nSPS) is 10.9. The number of methoxy groups -OCH3 is 1. The van der Waals surface area contributed by atoms with Crippen LogP contribution in [0.5, 0.6) is 17.4 Å². The summed E-state index contributed by atoms with van der Waals surface area (Å²) in [5, 5.41) is 14.5. The fourth-order valence-corrected chi connectivity index (χ4v) is 4.06. The average molecular weight is 472 g/mol. The highest BCUT2D eigenvalue weighted by Gasteiger charge is 2.12. The molecule has 7 heteroatoms. The molecule has 0 unspecified atom stereocenters. The van der Waals surface area contributed by atoms with Crippen LogP contribution in [0.1, 0.15) is 0 Å². The van der Waals surface area contributed by atoms with Gasteiger partial charge >= 0.3 is 0 Å². The highest BCUT2D eigenvalue weighted by molar-refractivity contribution is 6.00. The number of ether oxygens (including phenoxy) is 2. The SMILES string of the molecule is COc1ccc2nccc(Oc3ccc(Nc4nnc(-c5ccccc5)c5ccccc45)cc3)c2n1. The van der Waals surface area contributed by atoms with Gasteiger partial charge in [-0.15, -0.1) is 10.2 Å². The summed E-state index contributed by atoms with van der Waals surface area (Å²) in [6.07, 6.45) is 1.70. The number of pyridine rings is 2. The lowest BCUT2D eigenvalue weighted by molar-refractivity contribution is 0.399. The molecule has 0 aliphatic carbocycles. The van der Waals surface area contributed by atoms with Gasteiger partial charge in [-0.25, -0.2) is 4.98 Å². The Morgan fingerprint density at radius 2 is 1.50 bits per heavy atom. The minimum atomic E-state index is 0.506. The Balaban J connectivity index is 1.27. The predicted molar refractivity (Wildman–Crippen MR) is 141 cm³/mol. The number of hydrogen-bond acceptors (Lipinski definition) is 7. The molecule has 6 aromatic rings. The Labute approximate surface area is 207 Å². The molecule has 0 amide bonds. The highest BCUT2D eigenvalue weighted by Crippen LogP contribution is 2.32. The first kappa shape index (κ1) is 21.5. The van der Waals surface area contributed by atoms with E-state index in [4.69, 9.17) is 9.47 Å². The van der Waals surface area contributed by atoms with E-state index in [2.05, 4.69) is 31.5 Å². The van der Waals surface area contributed by atoms with Gasteiger partial charge in [0.25, 0.3) is 0 Å².